The van der Waals surface area contributed by atoms with Crippen LogP contribution in [-0.2, 0) is 0 Å². The van der Waals surface area contributed by atoms with Crippen LogP contribution in [0.4, 0.5) is 0 Å². The van der Waals surface area contributed by atoms with E-state index in [1.807, 2.05) is 0 Å². The summed E-state index contributed by atoms with van der Waals surface area (Å²) >= 11 is 0. The van der Waals surface area contributed by atoms with Gasteiger partial charge in [-0.2, -0.15) is 0 Å². The second-order valence-corrected chi connectivity index (χ2v) is 1.82. The van der Waals surface area contributed by atoms with E-state index in [-0.39, 0.29) is 0 Å². The number of para-hydroxylation sites is 1. The third-order valence-corrected chi connectivity index (χ3v) is 1.09. The lowest BCUT2D eigenvalue weighted by molar-refractivity contribution is 0.340. The van der Waals surface area contributed by atoms with Crippen molar-refractivity contribution < 1.29 is 27.1 Å². The smallest absolute Gasteiger partial charge is 0.492 e. The van der Waals surface area contributed by atoms with Crippen LogP contribution in [0, 0.1) is 0 Å². The van der Waals surface area contributed by atoms with Crippen molar-refractivity contribution in [2.24, 2.45) is 0 Å². The van der Waals surface area contributed by atoms with Crippen molar-refractivity contribution in [3.8, 4) is 5.75 Å². The van der Waals surface area contributed by atoms with Gasteiger partial charge in [0.05, 0.1) is 14.8 Å². The lowest BCUT2D eigenvalue weighted by Crippen LogP contribution is -2.31. The summed E-state index contributed by atoms with van der Waals surface area (Å²) in [5.74, 6) is -0.961. The molecule has 1 aromatic carbocycles. The Bertz CT molecular complexity index is 557. The maximum atomic E-state index is 9.19. The van der Waals surface area contributed by atoms with Gasteiger partial charge in [-0.05, 0) is 12.9 Å². The predicted molar refractivity (Wildman–Crippen MR) is 47.4 cm³/mol. The van der Waals surface area contributed by atoms with E-state index < -0.39 is 55.9 Å². The second-order valence-electron chi connectivity index (χ2n) is 1.82. The molecule has 64 valence electrons. The molecule has 3 nitrogen and oxygen atoms in total. The van der Waals surface area contributed by atoms with Gasteiger partial charge >= 0.3 is 7.12 Å². The zero-order chi connectivity index (χ0) is 16.7. The molecule has 0 unspecified atom stereocenters. The molecule has 0 radical (unpaired) electrons. The zero-order valence-electron chi connectivity index (χ0n) is 14.9. The molecule has 0 saturated carbocycles. The van der Waals surface area contributed by atoms with Crippen molar-refractivity contribution in [3.05, 3.63) is 24.2 Å². The summed E-state index contributed by atoms with van der Waals surface area (Å²) in [7, 11) is -2.39. The molecule has 0 fully saturated rings. The molecule has 0 aliphatic heterocycles. The fourth-order valence-corrected chi connectivity index (χ4v) is 0.624. The van der Waals surface area contributed by atoms with Crippen molar-refractivity contribution in [3.63, 3.8) is 0 Å². The van der Waals surface area contributed by atoms with Gasteiger partial charge in [0.25, 0.3) is 0 Å². The molecule has 0 bridgehead atoms. The maximum absolute atomic E-state index is 9.19. The normalized spacial score (nSPS) is 22.7. The SMILES string of the molecule is [2H]c1c([2H])c([2H])c(B(O)O)c(OC([2H])([2H])C([2H])([2H])[2H])c1[2H]. The van der Waals surface area contributed by atoms with Crippen molar-refractivity contribution in [1.82, 2.24) is 0 Å². The summed E-state index contributed by atoms with van der Waals surface area (Å²) in [4.78, 5) is 0. The zero-order valence-corrected chi connectivity index (χ0v) is 5.88. The fraction of sp³-hybridized carbons (Fsp3) is 0.250. The first-order valence-electron chi connectivity index (χ1n) is 7.46. The highest BCUT2D eigenvalue weighted by molar-refractivity contribution is 6.59. The molecule has 12 heavy (non-hydrogen) atoms. The molecular formula is C8H11BO3. The molecule has 0 amide bonds. The van der Waals surface area contributed by atoms with Crippen LogP contribution in [0.25, 0.3) is 0 Å². The number of hydrogen-bond donors (Lipinski definition) is 2. The van der Waals surface area contributed by atoms with E-state index in [9.17, 15) is 10.0 Å². The van der Waals surface area contributed by atoms with Gasteiger partial charge in [0, 0.05) is 9.58 Å². The van der Waals surface area contributed by atoms with Gasteiger partial charge in [-0.3, -0.25) is 0 Å². The molecular weight excluding hydrogens is 155 g/mol. The average Bonchev–Trinajstić information content (AvgIpc) is 2.31. The third-order valence-electron chi connectivity index (χ3n) is 1.09. The quantitative estimate of drug-likeness (QED) is 0.623. The largest absolute Gasteiger partial charge is 0.494 e. The van der Waals surface area contributed by atoms with Crippen LogP contribution in [0.2, 0.25) is 0 Å². The van der Waals surface area contributed by atoms with Crippen LogP contribution in [0.15, 0.2) is 24.2 Å². The first-order chi connectivity index (χ1) is 9.31. The van der Waals surface area contributed by atoms with E-state index in [0.717, 1.165) is 0 Å². The minimum Gasteiger partial charge on any atom is -0.494 e. The monoisotopic (exact) mass is 175 g/mol. The van der Waals surface area contributed by atoms with E-state index in [4.69, 9.17) is 12.3 Å². The lowest BCUT2D eigenvalue weighted by Gasteiger charge is -2.07. The summed E-state index contributed by atoms with van der Waals surface area (Å²) in [6.45, 7) is -6.53. The van der Waals surface area contributed by atoms with Gasteiger partial charge in [0.1, 0.15) is 5.75 Å². The predicted octanol–water partition coefficient (Wildman–Crippen LogP) is -0.235. The Morgan fingerprint density at radius 3 is 3.08 bits per heavy atom. The molecule has 0 atom stereocenters. The molecule has 0 aromatic heterocycles. The highest BCUT2D eigenvalue weighted by atomic mass is 16.5. The molecule has 0 aliphatic carbocycles. The topological polar surface area (TPSA) is 49.7 Å². The van der Waals surface area contributed by atoms with Crippen molar-refractivity contribution >= 4 is 12.6 Å². The van der Waals surface area contributed by atoms with Crippen molar-refractivity contribution in [2.45, 2.75) is 6.85 Å². The van der Waals surface area contributed by atoms with Gasteiger partial charge in [0.2, 0.25) is 0 Å². The highest BCUT2D eigenvalue weighted by Gasteiger charge is 2.15. The Balaban J connectivity index is 3.56. The summed E-state index contributed by atoms with van der Waals surface area (Å²) in [6, 6.07) is -3.37. The highest BCUT2D eigenvalue weighted by Crippen LogP contribution is 2.06. The number of hydrogen-bond acceptors (Lipinski definition) is 3. The van der Waals surface area contributed by atoms with Crippen LogP contribution in [0.5, 0.6) is 5.75 Å². The van der Waals surface area contributed by atoms with Gasteiger partial charge in [-0.1, -0.05) is 18.1 Å². The summed E-state index contributed by atoms with van der Waals surface area (Å²) in [5, 5.41) is 18.4. The van der Waals surface area contributed by atoms with Gasteiger partial charge in [-0.15, -0.1) is 0 Å². The van der Waals surface area contributed by atoms with Crippen LogP contribution < -0.4 is 10.2 Å². The van der Waals surface area contributed by atoms with E-state index in [0.29, 0.717) is 0 Å². The Kier molecular flexibility index (Phi) is 0.949. The minimum atomic E-state index is -3.28. The second kappa shape index (κ2) is 4.14. The van der Waals surface area contributed by atoms with E-state index in [1.54, 1.807) is 0 Å². The molecule has 2 N–H and O–H groups in total. The van der Waals surface area contributed by atoms with E-state index in [1.165, 1.54) is 0 Å². The number of rotatable bonds is 3. The third kappa shape index (κ3) is 2.00. The van der Waals surface area contributed by atoms with Crippen molar-refractivity contribution in [1.29, 1.82) is 0 Å². The molecule has 0 aliphatic rings. The molecule has 0 spiro atoms. The average molecular weight is 175 g/mol. The molecule has 0 heterocycles. The van der Waals surface area contributed by atoms with E-state index >= 15 is 0 Å². The van der Waals surface area contributed by atoms with E-state index in [2.05, 4.69) is 4.74 Å². The number of benzene rings is 1. The number of ether oxygens (including phenoxy) is 1. The van der Waals surface area contributed by atoms with Crippen LogP contribution in [0.1, 0.15) is 19.2 Å². The molecule has 1 rings (SSSR count). The Morgan fingerprint density at radius 2 is 2.42 bits per heavy atom. The molecule has 1 aromatic rings. The van der Waals surface area contributed by atoms with Crippen molar-refractivity contribution in [2.75, 3.05) is 6.56 Å². The maximum Gasteiger partial charge on any atom is 0.492 e. The van der Waals surface area contributed by atoms with Crippen LogP contribution in [0.3, 0.4) is 0 Å². The summed E-state index contributed by atoms with van der Waals surface area (Å²) in [5.41, 5.74) is -0.839. The van der Waals surface area contributed by atoms with Gasteiger partial charge < -0.3 is 14.8 Å². The Morgan fingerprint density at radius 1 is 1.67 bits per heavy atom. The lowest BCUT2D eigenvalue weighted by atomic mass is 9.80. The standard InChI is InChI=1S/C8H11BO3/c1-2-12-8-6-4-3-5-7(8)9(10)11/h3-6,10-11H,2H2,1H3/i1D3,2D2,3D,4D,5D,6D. The minimum absolute atomic E-state index is 0.787. The van der Waals surface area contributed by atoms with Gasteiger partial charge in [0.15, 0.2) is 0 Å². The summed E-state index contributed by atoms with van der Waals surface area (Å²) in [6.07, 6.45) is 0. The summed E-state index contributed by atoms with van der Waals surface area (Å²) < 4.78 is 70.1. The first-order valence-corrected chi connectivity index (χ1v) is 2.96. The molecule has 0 saturated heterocycles. The fourth-order valence-electron chi connectivity index (χ4n) is 0.624. The first kappa shape index (κ1) is 2.75. The van der Waals surface area contributed by atoms with Gasteiger partial charge in [-0.25, -0.2) is 0 Å². The Labute approximate surface area is 84.4 Å². The Hall–Kier alpha value is -0.995. The molecule has 4 heteroatoms. The van der Waals surface area contributed by atoms with Crippen LogP contribution >= 0.6 is 0 Å². The van der Waals surface area contributed by atoms with Crippen LogP contribution in [-0.4, -0.2) is 23.7 Å².